The largest absolute Gasteiger partial charge is 1.00 e. The Bertz CT molecular complexity index is 627. The number of nitrogens with zero attached hydrogens (tertiary/aromatic N) is 1. The molecule has 1 fully saturated rings. The first-order chi connectivity index (χ1) is 14.2. The second-order valence-corrected chi connectivity index (χ2v) is 8.85. The minimum atomic E-state index is -0.0278. The van der Waals surface area contributed by atoms with Gasteiger partial charge in [-0.2, -0.15) is 0 Å². The molecule has 0 aromatic heterocycles. The minimum absolute atomic E-state index is 0. The number of unbranched alkanes of at least 4 members (excludes halogenated alkanes) is 5. The van der Waals surface area contributed by atoms with E-state index < -0.39 is 0 Å². The van der Waals surface area contributed by atoms with Crippen LogP contribution < -0.4 is 12.4 Å². The molecule has 0 saturated carbocycles. The van der Waals surface area contributed by atoms with E-state index >= 15 is 0 Å². The van der Waals surface area contributed by atoms with Crippen LogP contribution in [0.4, 0.5) is 0 Å². The summed E-state index contributed by atoms with van der Waals surface area (Å²) in [5.41, 5.74) is 1.15. The molecule has 170 valence electrons. The van der Waals surface area contributed by atoms with Gasteiger partial charge in [-0.15, -0.1) is 0 Å². The average molecular weight is 456 g/mol. The van der Waals surface area contributed by atoms with E-state index in [-0.39, 0.29) is 18.4 Å². The summed E-state index contributed by atoms with van der Waals surface area (Å²) in [6, 6.07) is 7.98. The second-order valence-electron chi connectivity index (χ2n) is 8.45. The lowest BCUT2D eigenvalue weighted by Crippen LogP contribution is -3.00. The number of rotatable bonds is 13. The van der Waals surface area contributed by atoms with Gasteiger partial charge in [0, 0.05) is 5.02 Å². The van der Waals surface area contributed by atoms with E-state index in [0.29, 0.717) is 13.2 Å². The van der Waals surface area contributed by atoms with Crippen molar-refractivity contribution in [2.45, 2.75) is 71.1 Å². The number of piperidine rings is 1. The third kappa shape index (κ3) is 10.3. The summed E-state index contributed by atoms with van der Waals surface area (Å²) in [5.74, 6) is -0.0278. The number of likely N-dealkylation sites (tertiary alicyclic amines) is 1. The van der Waals surface area contributed by atoms with Crippen LogP contribution in [0.5, 0.6) is 0 Å². The summed E-state index contributed by atoms with van der Waals surface area (Å²) < 4.78 is 6.41. The van der Waals surface area contributed by atoms with Crippen LogP contribution in [0, 0.1) is 0 Å². The Hall–Kier alpha value is -1.03. The molecule has 0 bridgehead atoms. The summed E-state index contributed by atoms with van der Waals surface area (Å²) in [7, 11) is 0. The van der Waals surface area contributed by atoms with Crippen molar-refractivity contribution in [3.8, 4) is 0 Å². The van der Waals surface area contributed by atoms with E-state index in [2.05, 4.69) is 25.1 Å². The molecule has 0 amide bonds. The number of hydrogen-bond acceptors (Lipinski definition) is 2. The number of carbonyl (C=O) groups is 1. The maximum Gasteiger partial charge on any atom is 0.361 e. The molecule has 0 aliphatic carbocycles. The topological polar surface area (TPSA) is 26.3 Å². The van der Waals surface area contributed by atoms with Gasteiger partial charge in [0.15, 0.2) is 6.54 Å². The highest BCUT2D eigenvalue weighted by atomic mass is 35.5. The Balaban J connectivity index is 0.00000450. The molecular formula is C25H39Cl2NO2. The first-order valence-electron chi connectivity index (χ1n) is 11.5. The molecule has 3 nitrogen and oxygen atoms in total. The molecule has 1 aromatic rings. The molecule has 0 unspecified atom stereocenters. The van der Waals surface area contributed by atoms with Gasteiger partial charge in [-0.25, -0.2) is 4.79 Å². The number of ether oxygens (including phenoxy) is 1. The Morgan fingerprint density at radius 1 is 1.03 bits per heavy atom. The average Bonchev–Trinajstić information content (AvgIpc) is 2.72. The number of esters is 1. The van der Waals surface area contributed by atoms with Crippen LogP contribution in [0.1, 0.15) is 70.3 Å². The van der Waals surface area contributed by atoms with Crippen LogP contribution in [-0.2, 0) is 16.0 Å². The molecule has 1 aromatic carbocycles. The van der Waals surface area contributed by atoms with Crippen molar-refractivity contribution in [2.24, 2.45) is 0 Å². The zero-order valence-corrected chi connectivity index (χ0v) is 20.1. The van der Waals surface area contributed by atoms with Crippen LogP contribution in [0.3, 0.4) is 0 Å². The van der Waals surface area contributed by atoms with Gasteiger partial charge < -0.3 is 21.6 Å². The predicted octanol–water partition coefficient (Wildman–Crippen LogP) is 3.35. The lowest BCUT2D eigenvalue weighted by atomic mass is 10.1. The van der Waals surface area contributed by atoms with Crippen LogP contribution in [0.15, 0.2) is 36.4 Å². The molecular weight excluding hydrogens is 417 g/mol. The van der Waals surface area contributed by atoms with Gasteiger partial charge in [-0.3, -0.25) is 0 Å². The van der Waals surface area contributed by atoms with Gasteiger partial charge in [0.05, 0.1) is 26.2 Å². The number of quaternary nitrogens is 1. The van der Waals surface area contributed by atoms with Crippen molar-refractivity contribution in [3.05, 3.63) is 47.0 Å². The van der Waals surface area contributed by atoms with Gasteiger partial charge >= 0.3 is 5.97 Å². The third-order valence-corrected chi connectivity index (χ3v) is 6.31. The van der Waals surface area contributed by atoms with E-state index in [4.69, 9.17) is 16.3 Å². The summed E-state index contributed by atoms with van der Waals surface area (Å²) in [6.07, 6.45) is 16.2. The molecule has 0 N–H and O–H groups in total. The standard InChI is InChI=1S/C25H39ClNO2.ClH/c1-2-3-4-5-6-14-21-29-25(28)22-27(18-11-7-12-19-27)20-13-10-16-23-15-8-9-17-24(23)26;/h8-10,13,15,17H,2-7,11-12,14,16,18-22H2,1H3;1H/q+1;/p-1/b13-10+;. The van der Waals surface area contributed by atoms with Crippen molar-refractivity contribution < 1.29 is 26.4 Å². The monoisotopic (exact) mass is 455 g/mol. The smallest absolute Gasteiger partial charge is 0.361 e. The number of halogens is 2. The minimum Gasteiger partial charge on any atom is -1.00 e. The van der Waals surface area contributed by atoms with Gasteiger partial charge in [-0.05, 0) is 49.8 Å². The molecule has 1 aliphatic rings. The lowest BCUT2D eigenvalue weighted by Gasteiger charge is -2.39. The van der Waals surface area contributed by atoms with Crippen LogP contribution in [-0.4, -0.2) is 43.2 Å². The third-order valence-electron chi connectivity index (χ3n) is 5.95. The van der Waals surface area contributed by atoms with Gasteiger partial charge in [0.2, 0.25) is 0 Å². The van der Waals surface area contributed by atoms with Crippen molar-refractivity contribution in [3.63, 3.8) is 0 Å². The van der Waals surface area contributed by atoms with E-state index in [0.717, 1.165) is 54.0 Å². The zero-order chi connectivity index (χ0) is 20.8. The van der Waals surface area contributed by atoms with Crippen molar-refractivity contribution in [2.75, 3.05) is 32.8 Å². The van der Waals surface area contributed by atoms with Crippen molar-refractivity contribution in [1.82, 2.24) is 0 Å². The number of hydrogen-bond donors (Lipinski definition) is 0. The molecule has 0 radical (unpaired) electrons. The molecule has 30 heavy (non-hydrogen) atoms. The van der Waals surface area contributed by atoms with Gasteiger partial charge in [0.1, 0.15) is 0 Å². The molecule has 2 rings (SSSR count). The Morgan fingerprint density at radius 3 is 2.47 bits per heavy atom. The van der Waals surface area contributed by atoms with E-state index in [9.17, 15) is 4.79 Å². The molecule has 0 spiro atoms. The molecule has 5 heteroatoms. The first kappa shape index (κ1) is 27.0. The number of allylic oxidation sites excluding steroid dienone is 1. The zero-order valence-electron chi connectivity index (χ0n) is 18.6. The van der Waals surface area contributed by atoms with Gasteiger partial charge in [-0.1, -0.05) is 74.9 Å². The van der Waals surface area contributed by atoms with Crippen LogP contribution in [0.25, 0.3) is 0 Å². The Kier molecular flexibility index (Phi) is 14.2. The fourth-order valence-corrected chi connectivity index (χ4v) is 4.36. The first-order valence-corrected chi connectivity index (χ1v) is 11.9. The summed E-state index contributed by atoms with van der Waals surface area (Å²) in [4.78, 5) is 12.5. The lowest BCUT2D eigenvalue weighted by molar-refractivity contribution is -0.920. The van der Waals surface area contributed by atoms with E-state index in [1.165, 1.54) is 44.9 Å². The van der Waals surface area contributed by atoms with E-state index in [1.54, 1.807) is 0 Å². The summed E-state index contributed by atoms with van der Waals surface area (Å²) >= 11 is 6.24. The molecule has 1 aliphatic heterocycles. The van der Waals surface area contributed by atoms with Crippen molar-refractivity contribution in [1.29, 1.82) is 0 Å². The highest BCUT2D eigenvalue weighted by molar-refractivity contribution is 6.31. The normalized spacial score (nSPS) is 15.7. The van der Waals surface area contributed by atoms with Crippen molar-refractivity contribution >= 4 is 17.6 Å². The highest BCUT2D eigenvalue weighted by Crippen LogP contribution is 2.20. The molecule has 0 atom stereocenters. The molecule has 1 heterocycles. The highest BCUT2D eigenvalue weighted by Gasteiger charge is 2.32. The van der Waals surface area contributed by atoms with Crippen LogP contribution in [0.2, 0.25) is 5.02 Å². The molecule has 1 saturated heterocycles. The second kappa shape index (κ2) is 15.7. The van der Waals surface area contributed by atoms with Gasteiger partial charge in [0.25, 0.3) is 0 Å². The number of carbonyl (C=O) groups excluding carboxylic acids is 1. The maximum atomic E-state index is 12.5. The summed E-state index contributed by atoms with van der Waals surface area (Å²) in [5, 5.41) is 0.817. The Labute approximate surface area is 194 Å². The number of benzene rings is 1. The fraction of sp³-hybridized carbons (Fsp3) is 0.640. The predicted molar refractivity (Wildman–Crippen MR) is 122 cm³/mol. The quantitative estimate of drug-likeness (QED) is 0.197. The fourth-order valence-electron chi connectivity index (χ4n) is 4.15. The maximum absolute atomic E-state index is 12.5. The van der Waals surface area contributed by atoms with Crippen LogP contribution >= 0.6 is 11.6 Å². The summed E-state index contributed by atoms with van der Waals surface area (Å²) in [6.45, 7) is 6.36. The van der Waals surface area contributed by atoms with E-state index in [1.807, 2.05) is 18.2 Å². The SMILES string of the molecule is CCCCCCCCOC(=O)C[N+]1(C/C=C/Cc2ccccc2Cl)CCCCC1.[Cl-]. The Morgan fingerprint density at radius 2 is 1.73 bits per heavy atom.